The number of aryl methyl sites for hydroxylation is 2. The lowest BCUT2D eigenvalue weighted by atomic mass is 9.53. The molecule has 0 aliphatic heterocycles. The Morgan fingerprint density at radius 1 is 1.04 bits per heavy atom. The van der Waals surface area contributed by atoms with Crippen LogP contribution in [0.5, 0.6) is 0 Å². The van der Waals surface area contributed by atoms with Gasteiger partial charge in [0, 0.05) is 10.4 Å². The van der Waals surface area contributed by atoms with Crippen LogP contribution in [-0.4, -0.2) is 24.0 Å². The molecule has 0 radical (unpaired) electrons. The molecule has 1 aromatic heterocycles. The molecule has 1 N–H and O–H groups in total. The molecule has 0 unspecified atom stereocenters. The van der Waals surface area contributed by atoms with E-state index in [2.05, 4.69) is 5.32 Å². The Kier molecular flexibility index (Phi) is 4.53. The number of carbonyl (C=O) groups is 2. The third-order valence-corrected chi connectivity index (χ3v) is 8.44. The molecule has 5 aliphatic rings. The van der Waals surface area contributed by atoms with E-state index in [1.165, 1.54) is 49.0 Å². The molecule has 0 saturated heterocycles. The second-order valence-electron chi connectivity index (χ2n) is 9.44. The summed E-state index contributed by atoms with van der Waals surface area (Å²) in [7, 11) is 0. The average molecular weight is 388 g/mol. The topological polar surface area (TPSA) is 55.4 Å². The molecule has 4 fully saturated rings. The van der Waals surface area contributed by atoms with Crippen LogP contribution in [0.2, 0.25) is 0 Å². The van der Waals surface area contributed by atoms with Crippen molar-refractivity contribution in [3.8, 4) is 0 Å². The van der Waals surface area contributed by atoms with Crippen molar-refractivity contribution in [1.29, 1.82) is 0 Å². The number of carbonyl (C=O) groups excluding carboxylic acids is 2. The molecule has 5 heteroatoms. The van der Waals surface area contributed by atoms with Crippen molar-refractivity contribution in [3.63, 3.8) is 0 Å². The first-order chi connectivity index (χ1) is 13.1. The number of fused-ring (bicyclic) bond motifs is 1. The SMILES string of the molecule is O=C(COC(=O)c1cc2c(s1)CCCCC2)NC12CC3CC(CC(C3)C1)C2. The molecule has 5 aliphatic carbocycles. The van der Waals surface area contributed by atoms with Crippen molar-refractivity contribution < 1.29 is 14.3 Å². The number of rotatable bonds is 4. The molecule has 6 rings (SSSR count). The number of nitrogens with one attached hydrogen (secondary N) is 1. The van der Waals surface area contributed by atoms with E-state index in [9.17, 15) is 9.59 Å². The Morgan fingerprint density at radius 3 is 2.41 bits per heavy atom. The minimum absolute atomic E-state index is 0.0154. The quantitative estimate of drug-likeness (QED) is 0.620. The van der Waals surface area contributed by atoms with E-state index in [1.54, 1.807) is 11.3 Å². The summed E-state index contributed by atoms with van der Waals surface area (Å²) >= 11 is 1.56. The smallest absolute Gasteiger partial charge is 0.348 e. The summed E-state index contributed by atoms with van der Waals surface area (Å²) in [6, 6.07) is 1.99. The zero-order valence-electron chi connectivity index (χ0n) is 15.9. The Morgan fingerprint density at radius 2 is 1.70 bits per heavy atom. The zero-order valence-corrected chi connectivity index (χ0v) is 16.7. The first kappa shape index (κ1) is 17.7. The number of esters is 1. The second kappa shape index (κ2) is 6.91. The zero-order chi connectivity index (χ0) is 18.4. The molecule has 4 nitrogen and oxygen atoms in total. The van der Waals surface area contributed by atoms with Crippen LogP contribution in [0.15, 0.2) is 6.07 Å². The maximum absolute atomic E-state index is 12.5. The summed E-state index contributed by atoms with van der Waals surface area (Å²) in [4.78, 5) is 26.9. The summed E-state index contributed by atoms with van der Waals surface area (Å²) in [6.07, 6.45) is 13.2. The molecule has 4 saturated carbocycles. The molecule has 27 heavy (non-hydrogen) atoms. The van der Waals surface area contributed by atoms with Gasteiger partial charge in [-0.2, -0.15) is 0 Å². The summed E-state index contributed by atoms with van der Waals surface area (Å²) < 4.78 is 5.37. The molecule has 0 spiro atoms. The van der Waals surface area contributed by atoms with Gasteiger partial charge < -0.3 is 10.1 Å². The summed E-state index contributed by atoms with van der Waals surface area (Å²) in [5.74, 6) is 1.92. The van der Waals surface area contributed by atoms with E-state index in [4.69, 9.17) is 4.74 Å². The van der Waals surface area contributed by atoms with Crippen LogP contribution in [0.25, 0.3) is 0 Å². The van der Waals surface area contributed by atoms with Crippen LogP contribution < -0.4 is 5.32 Å². The van der Waals surface area contributed by atoms with Gasteiger partial charge >= 0.3 is 5.97 Å². The fourth-order valence-electron chi connectivity index (χ4n) is 6.57. The van der Waals surface area contributed by atoms with Crippen molar-refractivity contribution in [2.45, 2.75) is 76.2 Å². The van der Waals surface area contributed by atoms with E-state index in [0.29, 0.717) is 4.88 Å². The van der Waals surface area contributed by atoms with Crippen molar-refractivity contribution >= 4 is 23.2 Å². The van der Waals surface area contributed by atoms with Gasteiger partial charge in [-0.15, -0.1) is 11.3 Å². The molecule has 1 heterocycles. The normalized spacial score (nSPS) is 34.0. The van der Waals surface area contributed by atoms with Crippen LogP contribution in [0.4, 0.5) is 0 Å². The Hall–Kier alpha value is -1.36. The summed E-state index contributed by atoms with van der Waals surface area (Å²) in [5.41, 5.74) is 1.29. The molecule has 0 aromatic carbocycles. The Bertz CT molecular complexity index is 694. The van der Waals surface area contributed by atoms with Gasteiger partial charge in [0.15, 0.2) is 6.61 Å². The highest BCUT2D eigenvalue weighted by Gasteiger charge is 2.51. The number of hydrogen-bond acceptors (Lipinski definition) is 4. The standard InChI is InChI=1S/C22H29NO3S/c24-20(23-22-10-14-6-15(11-22)8-16(7-14)12-22)13-26-21(25)19-9-17-4-2-1-3-5-18(17)27-19/h9,14-16H,1-8,10-13H2,(H,23,24). The number of thiophene rings is 1. The predicted octanol–water partition coefficient (Wildman–Crippen LogP) is 4.26. The van der Waals surface area contributed by atoms with Gasteiger partial charge in [0.1, 0.15) is 4.88 Å². The highest BCUT2D eigenvalue weighted by Crippen LogP contribution is 2.55. The molecular weight excluding hydrogens is 358 g/mol. The predicted molar refractivity (Wildman–Crippen MR) is 105 cm³/mol. The third-order valence-electron chi connectivity index (χ3n) is 7.22. The van der Waals surface area contributed by atoms with Crippen molar-refractivity contribution in [2.75, 3.05) is 6.61 Å². The molecule has 1 aromatic rings. The number of ether oxygens (including phenoxy) is 1. The molecule has 146 valence electrons. The van der Waals surface area contributed by atoms with Crippen molar-refractivity contribution in [3.05, 3.63) is 21.4 Å². The van der Waals surface area contributed by atoms with Gasteiger partial charge in [0.2, 0.25) is 0 Å². The van der Waals surface area contributed by atoms with Crippen LogP contribution in [0, 0.1) is 17.8 Å². The summed E-state index contributed by atoms with van der Waals surface area (Å²) in [6.45, 7) is -0.150. The maximum atomic E-state index is 12.5. The van der Waals surface area contributed by atoms with Crippen LogP contribution >= 0.6 is 11.3 Å². The lowest BCUT2D eigenvalue weighted by Gasteiger charge is -2.56. The highest BCUT2D eigenvalue weighted by atomic mass is 32.1. The minimum Gasteiger partial charge on any atom is -0.451 e. The van der Waals surface area contributed by atoms with E-state index in [0.717, 1.165) is 49.9 Å². The Balaban J connectivity index is 1.17. The van der Waals surface area contributed by atoms with Crippen molar-refractivity contribution in [1.82, 2.24) is 5.32 Å². The molecule has 4 bridgehead atoms. The van der Waals surface area contributed by atoms with E-state index in [1.807, 2.05) is 6.07 Å². The second-order valence-corrected chi connectivity index (χ2v) is 10.6. The van der Waals surface area contributed by atoms with E-state index >= 15 is 0 Å². The highest BCUT2D eigenvalue weighted by molar-refractivity contribution is 7.14. The third kappa shape index (κ3) is 3.55. The van der Waals surface area contributed by atoms with E-state index in [-0.39, 0.29) is 24.0 Å². The van der Waals surface area contributed by atoms with Gasteiger partial charge in [0.05, 0.1) is 0 Å². The van der Waals surface area contributed by atoms with Gasteiger partial charge in [-0.1, -0.05) is 6.42 Å². The number of amides is 1. The first-order valence-corrected chi connectivity index (χ1v) is 11.5. The number of hydrogen-bond donors (Lipinski definition) is 1. The molecular formula is C22H29NO3S. The minimum atomic E-state index is -0.339. The first-order valence-electron chi connectivity index (χ1n) is 10.7. The monoisotopic (exact) mass is 387 g/mol. The van der Waals surface area contributed by atoms with Crippen LogP contribution in [-0.2, 0) is 22.4 Å². The largest absolute Gasteiger partial charge is 0.451 e. The van der Waals surface area contributed by atoms with Gasteiger partial charge in [0.25, 0.3) is 5.91 Å². The maximum Gasteiger partial charge on any atom is 0.348 e. The van der Waals surface area contributed by atoms with Crippen LogP contribution in [0.3, 0.4) is 0 Å². The molecule has 1 amide bonds. The van der Waals surface area contributed by atoms with Crippen LogP contribution in [0.1, 0.15) is 77.9 Å². The van der Waals surface area contributed by atoms with E-state index < -0.39 is 0 Å². The van der Waals surface area contributed by atoms with Gasteiger partial charge in [-0.25, -0.2) is 4.79 Å². The lowest BCUT2D eigenvalue weighted by molar-refractivity contribution is -0.130. The fourth-order valence-corrected chi connectivity index (χ4v) is 7.71. The lowest BCUT2D eigenvalue weighted by Crippen LogP contribution is -2.60. The summed E-state index contributed by atoms with van der Waals surface area (Å²) in [5, 5.41) is 3.28. The van der Waals surface area contributed by atoms with Gasteiger partial charge in [-0.05, 0) is 93.6 Å². The average Bonchev–Trinajstić information content (AvgIpc) is 2.89. The fraction of sp³-hybridized carbons (Fsp3) is 0.727. The van der Waals surface area contributed by atoms with Gasteiger partial charge in [-0.3, -0.25) is 4.79 Å². The molecule has 0 atom stereocenters. The van der Waals surface area contributed by atoms with Crippen molar-refractivity contribution in [2.24, 2.45) is 17.8 Å². The Labute approximate surface area is 165 Å².